The van der Waals surface area contributed by atoms with Gasteiger partial charge in [0.05, 0.1) is 27.7 Å². The Kier molecular flexibility index (Phi) is 5.75. The Morgan fingerprint density at radius 3 is 2.33 bits per heavy atom. The van der Waals surface area contributed by atoms with Crippen molar-refractivity contribution in [3.8, 4) is 0 Å². The van der Waals surface area contributed by atoms with Gasteiger partial charge in [0.15, 0.2) is 6.54 Å². The van der Waals surface area contributed by atoms with E-state index >= 15 is 0 Å². The normalized spacial score (nSPS) is 20.4. The Bertz CT molecular complexity index is 346. The number of likely N-dealkylation sites (tertiary alicyclic amines) is 1. The highest BCUT2D eigenvalue weighted by atomic mass is 16.6. The van der Waals surface area contributed by atoms with E-state index in [0.717, 1.165) is 13.0 Å². The maximum Gasteiger partial charge on any atom is 0.362 e. The van der Waals surface area contributed by atoms with Crippen LogP contribution in [0.4, 0.5) is 0 Å². The molecule has 0 radical (unpaired) electrons. The summed E-state index contributed by atoms with van der Waals surface area (Å²) in [5.74, 6) is -0.424. The van der Waals surface area contributed by atoms with E-state index in [0.29, 0.717) is 17.6 Å². The highest BCUT2D eigenvalue weighted by Crippen LogP contribution is 2.14. The molecule has 0 aromatic rings. The van der Waals surface area contributed by atoms with Gasteiger partial charge in [0.1, 0.15) is 11.7 Å². The van der Waals surface area contributed by atoms with Gasteiger partial charge in [0.25, 0.3) is 0 Å². The van der Waals surface area contributed by atoms with E-state index in [9.17, 15) is 9.59 Å². The van der Waals surface area contributed by atoms with Gasteiger partial charge in [-0.15, -0.1) is 0 Å². The first kappa shape index (κ1) is 17.9. The average molecular weight is 301 g/mol. The molecule has 6 nitrogen and oxygen atoms in total. The smallest absolute Gasteiger partial charge is 0.362 e. The molecule has 0 aromatic heterocycles. The molecule has 0 aliphatic carbocycles. The zero-order chi connectivity index (χ0) is 16.3. The summed E-state index contributed by atoms with van der Waals surface area (Å²) in [5, 5.41) is 0. The van der Waals surface area contributed by atoms with Gasteiger partial charge in [0.2, 0.25) is 0 Å². The van der Waals surface area contributed by atoms with E-state index in [-0.39, 0.29) is 24.6 Å². The summed E-state index contributed by atoms with van der Waals surface area (Å²) in [7, 11) is 5.85. The second-order valence-electron chi connectivity index (χ2n) is 7.67. The van der Waals surface area contributed by atoms with E-state index < -0.39 is 5.60 Å². The van der Waals surface area contributed by atoms with Crippen LogP contribution in [-0.2, 0) is 19.1 Å². The van der Waals surface area contributed by atoms with Crippen LogP contribution in [0.15, 0.2) is 0 Å². The Morgan fingerprint density at radius 2 is 1.81 bits per heavy atom. The van der Waals surface area contributed by atoms with Crippen LogP contribution >= 0.6 is 0 Å². The van der Waals surface area contributed by atoms with Gasteiger partial charge >= 0.3 is 11.9 Å². The molecule has 1 heterocycles. The molecule has 1 aliphatic rings. The zero-order valence-corrected chi connectivity index (χ0v) is 14.1. The third-order valence-electron chi connectivity index (χ3n) is 2.90. The third-order valence-corrected chi connectivity index (χ3v) is 2.90. The molecule has 1 atom stereocenters. The first-order valence-corrected chi connectivity index (χ1v) is 7.39. The largest absolute Gasteiger partial charge is 0.459 e. The van der Waals surface area contributed by atoms with Gasteiger partial charge in [-0.05, 0) is 27.2 Å². The molecule has 0 saturated carbocycles. The van der Waals surface area contributed by atoms with Crippen LogP contribution in [0.25, 0.3) is 0 Å². The number of carbonyl (C=O) groups excluding carboxylic acids is 2. The predicted octanol–water partition coefficient (Wildman–Crippen LogP) is 0.652. The lowest BCUT2D eigenvalue weighted by atomic mass is 10.2. The van der Waals surface area contributed by atoms with Crippen molar-refractivity contribution >= 4 is 11.9 Å². The number of rotatable bonds is 5. The first-order chi connectivity index (χ1) is 9.44. The summed E-state index contributed by atoms with van der Waals surface area (Å²) in [5.41, 5.74) is -0.465. The van der Waals surface area contributed by atoms with E-state index in [1.165, 1.54) is 0 Å². The molecule has 1 unspecified atom stereocenters. The van der Waals surface area contributed by atoms with Crippen LogP contribution in [0.2, 0.25) is 0 Å². The van der Waals surface area contributed by atoms with Gasteiger partial charge in [0, 0.05) is 13.1 Å². The van der Waals surface area contributed by atoms with Crippen molar-refractivity contribution in [2.75, 3.05) is 47.3 Å². The van der Waals surface area contributed by atoms with Crippen LogP contribution in [0, 0.1) is 0 Å². The highest BCUT2D eigenvalue weighted by molar-refractivity contribution is 5.72. The second kappa shape index (κ2) is 6.75. The van der Waals surface area contributed by atoms with Crippen LogP contribution in [-0.4, -0.2) is 80.3 Å². The quantitative estimate of drug-likeness (QED) is 0.551. The minimum atomic E-state index is -0.465. The fourth-order valence-electron chi connectivity index (χ4n) is 2.20. The van der Waals surface area contributed by atoms with E-state index in [2.05, 4.69) is 0 Å². The number of likely N-dealkylation sites (N-methyl/N-ethyl adjacent to an activating group) is 1. The van der Waals surface area contributed by atoms with Crippen LogP contribution in [0.1, 0.15) is 27.2 Å². The second-order valence-corrected chi connectivity index (χ2v) is 7.67. The summed E-state index contributed by atoms with van der Waals surface area (Å²) in [6.45, 7) is 7.51. The number of quaternary nitrogens is 1. The van der Waals surface area contributed by atoms with E-state index in [4.69, 9.17) is 9.47 Å². The average Bonchev–Trinajstić information content (AvgIpc) is 2.58. The molecule has 0 amide bonds. The van der Waals surface area contributed by atoms with Crippen molar-refractivity contribution in [2.24, 2.45) is 0 Å². The van der Waals surface area contributed by atoms with Gasteiger partial charge in [-0.3, -0.25) is 9.69 Å². The Morgan fingerprint density at radius 1 is 1.19 bits per heavy atom. The molecule has 0 spiro atoms. The van der Waals surface area contributed by atoms with Gasteiger partial charge < -0.3 is 14.0 Å². The number of carbonyl (C=O) groups is 2. The highest BCUT2D eigenvalue weighted by Gasteiger charge is 2.29. The van der Waals surface area contributed by atoms with Gasteiger partial charge in [-0.1, -0.05) is 0 Å². The lowest BCUT2D eigenvalue weighted by Gasteiger charge is -2.24. The molecule has 0 N–H and O–H groups in total. The fourth-order valence-corrected chi connectivity index (χ4v) is 2.20. The standard InChI is InChI=1S/C15H29N2O4/c1-15(2,3)21-13(18)10-16-8-7-12(9-16)20-14(19)11-17(4,5)6/h12H,7-11H2,1-6H3/q+1. The Hall–Kier alpha value is -1.14. The van der Waals surface area contributed by atoms with Crippen LogP contribution < -0.4 is 0 Å². The van der Waals surface area contributed by atoms with E-state index in [1.807, 2.05) is 46.8 Å². The maximum absolute atomic E-state index is 11.8. The molecule has 122 valence electrons. The van der Waals surface area contributed by atoms with Gasteiger partial charge in [-0.2, -0.15) is 0 Å². The van der Waals surface area contributed by atoms with Crippen molar-refractivity contribution in [1.29, 1.82) is 0 Å². The van der Waals surface area contributed by atoms with Crippen molar-refractivity contribution < 1.29 is 23.5 Å². The maximum atomic E-state index is 11.8. The third kappa shape index (κ3) is 8.02. The molecule has 1 fully saturated rings. The first-order valence-electron chi connectivity index (χ1n) is 7.39. The summed E-state index contributed by atoms with van der Waals surface area (Å²) < 4.78 is 11.3. The van der Waals surface area contributed by atoms with Crippen molar-refractivity contribution in [1.82, 2.24) is 4.90 Å². The summed E-state index contributed by atoms with van der Waals surface area (Å²) >= 11 is 0. The Balaban J connectivity index is 2.33. The molecule has 0 bridgehead atoms. The van der Waals surface area contributed by atoms with Crippen LogP contribution in [0.5, 0.6) is 0 Å². The fraction of sp³-hybridized carbons (Fsp3) is 0.867. The predicted molar refractivity (Wildman–Crippen MR) is 79.7 cm³/mol. The summed E-state index contributed by atoms with van der Waals surface area (Å²) in [6, 6.07) is 0. The number of ether oxygens (including phenoxy) is 2. The number of hydrogen-bond donors (Lipinski definition) is 0. The molecule has 1 aliphatic heterocycles. The zero-order valence-electron chi connectivity index (χ0n) is 14.1. The minimum Gasteiger partial charge on any atom is -0.459 e. The number of nitrogens with zero attached hydrogens (tertiary/aromatic N) is 2. The number of esters is 2. The van der Waals surface area contributed by atoms with Crippen LogP contribution in [0.3, 0.4) is 0 Å². The molecular weight excluding hydrogens is 272 g/mol. The minimum absolute atomic E-state index is 0.119. The lowest BCUT2D eigenvalue weighted by Crippen LogP contribution is -2.41. The van der Waals surface area contributed by atoms with Gasteiger partial charge in [-0.25, -0.2) is 4.79 Å². The molecule has 1 rings (SSSR count). The molecule has 0 aromatic carbocycles. The SMILES string of the molecule is CC(C)(C)OC(=O)CN1CCC(OC(=O)C[N+](C)(C)C)C1. The van der Waals surface area contributed by atoms with Crippen molar-refractivity contribution in [3.63, 3.8) is 0 Å². The summed E-state index contributed by atoms with van der Waals surface area (Å²) in [4.78, 5) is 25.5. The lowest BCUT2D eigenvalue weighted by molar-refractivity contribution is -0.862. The molecular formula is C15H29N2O4+. The Labute approximate surface area is 127 Å². The van der Waals surface area contributed by atoms with Crippen molar-refractivity contribution in [2.45, 2.75) is 38.9 Å². The summed E-state index contributed by atoms with van der Waals surface area (Å²) in [6.07, 6.45) is 0.651. The molecule has 1 saturated heterocycles. The van der Waals surface area contributed by atoms with E-state index in [1.54, 1.807) is 0 Å². The number of hydrogen-bond acceptors (Lipinski definition) is 5. The molecule has 21 heavy (non-hydrogen) atoms. The molecule has 6 heteroatoms. The van der Waals surface area contributed by atoms with Crippen molar-refractivity contribution in [3.05, 3.63) is 0 Å². The monoisotopic (exact) mass is 301 g/mol. The topological polar surface area (TPSA) is 55.8 Å².